The second-order valence-corrected chi connectivity index (χ2v) is 8.47. The van der Waals surface area contributed by atoms with E-state index in [1.54, 1.807) is 36.0 Å². The summed E-state index contributed by atoms with van der Waals surface area (Å²) in [5, 5.41) is 0.342. The van der Waals surface area contributed by atoms with Crippen molar-refractivity contribution in [2.75, 3.05) is 5.75 Å². The molecule has 0 spiro atoms. The molecule has 1 saturated carbocycles. The largest absolute Gasteiger partial charge is 0.329 e. The monoisotopic (exact) mass is 371 g/mol. The fourth-order valence-electron chi connectivity index (χ4n) is 2.61. The lowest BCUT2D eigenvalue weighted by molar-refractivity contribution is 0.384. The molecule has 1 fully saturated rings. The van der Waals surface area contributed by atoms with Crippen LogP contribution in [0.15, 0.2) is 30.6 Å². The molecule has 1 heterocycles. The maximum Gasteiger partial charge on any atom is 0.214 e. The van der Waals surface area contributed by atoms with E-state index < -0.39 is 10.0 Å². The Hall–Kier alpha value is -1.44. The summed E-state index contributed by atoms with van der Waals surface area (Å²) < 4.78 is 41.8. The van der Waals surface area contributed by atoms with Gasteiger partial charge in [-0.25, -0.2) is 17.8 Å². The van der Waals surface area contributed by atoms with Gasteiger partial charge < -0.3 is 4.57 Å². The lowest BCUT2D eigenvalue weighted by Gasteiger charge is -2.21. The van der Waals surface area contributed by atoms with E-state index in [1.807, 2.05) is 0 Å². The van der Waals surface area contributed by atoms with Gasteiger partial charge in [0.25, 0.3) is 0 Å². The van der Waals surface area contributed by atoms with Gasteiger partial charge in [0.05, 0.1) is 18.8 Å². The Morgan fingerprint density at radius 1 is 1.42 bits per heavy atom. The van der Waals surface area contributed by atoms with E-state index in [-0.39, 0.29) is 30.7 Å². The standard InChI is InChI=1S/C16H19ClFN3O2S/c1-2-24(22,23)21(12-6-7-12)11-16-19-8-9-20(16)10-13-14(17)4-3-5-15(13)18/h3-5,8-9,12H,2,6-7,10-11H2,1H3. The Labute approximate surface area is 146 Å². The van der Waals surface area contributed by atoms with Gasteiger partial charge in [0.1, 0.15) is 11.6 Å². The molecule has 24 heavy (non-hydrogen) atoms. The van der Waals surface area contributed by atoms with Crippen LogP contribution in [0.4, 0.5) is 4.39 Å². The molecule has 130 valence electrons. The molecule has 0 bridgehead atoms. The van der Waals surface area contributed by atoms with Crippen LogP contribution in [0.1, 0.15) is 31.2 Å². The average molecular weight is 372 g/mol. The van der Waals surface area contributed by atoms with Gasteiger partial charge in [0, 0.05) is 29.0 Å². The topological polar surface area (TPSA) is 55.2 Å². The first-order valence-corrected chi connectivity index (χ1v) is 9.83. The van der Waals surface area contributed by atoms with Crippen molar-refractivity contribution < 1.29 is 12.8 Å². The van der Waals surface area contributed by atoms with Crippen LogP contribution in [-0.2, 0) is 23.1 Å². The number of hydrogen-bond acceptors (Lipinski definition) is 3. The molecule has 0 atom stereocenters. The molecule has 0 N–H and O–H groups in total. The van der Waals surface area contributed by atoms with Crippen molar-refractivity contribution in [3.63, 3.8) is 0 Å². The summed E-state index contributed by atoms with van der Waals surface area (Å²) in [6.07, 6.45) is 5.05. The van der Waals surface area contributed by atoms with E-state index in [0.29, 0.717) is 16.4 Å². The van der Waals surface area contributed by atoms with E-state index >= 15 is 0 Å². The zero-order valence-electron chi connectivity index (χ0n) is 13.3. The van der Waals surface area contributed by atoms with Crippen molar-refractivity contribution in [3.05, 3.63) is 52.8 Å². The predicted octanol–water partition coefficient (Wildman–Crippen LogP) is 3.04. The molecule has 1 aromatic heterocycles. The number of nitrogens with zero attached hydrogens (tertiary/aromatic N) is 3. The lowest BCUT2D eigenvalue weighted by Crippen LogP contribution is -2.34. The zero-order valence-corrected chi connectivity index (χ0v) is 14.9. The van der Waals surface area contributed by atoms with Crippen LogP contribution in [-0.4, -0.2) is 34.1 Å². The van der Waals surface area contributed by atoms with E-state index in [1.165, 1.54) is 10.4 Å². The summed E-state index contributed by atoms with van der Waals surface area (Å²) in [7, 11) is -3.30. The molecule has 3 rings (SSSR count). The molecule has 0 aliphatic heterocycles. The van der Waals surface area contributed by atoms with Crippen LogP contribution >= 0.6 is 11.6 Å². The van der Waals surface area contributed by atoms with Crippen LogP contribution in [0, 0.1) is 5.82 Å². The van der Waals surface area contributed by atoms with Crippen molar-refractivity contribution in [3.8, 4) is 0 Å². The molecule has 0 saturated heterocycles. The molecular formula is C16H19ClFN3O2S. The fourth-order valence-corrected chi connectivity index (χ4v) is 4.14. The zero-order chi connectivity index (χ0) is 17.3. The van der Waals surface area contributed by atoms with Crippen LogP contribution in [0.3, 0.4) is 0 Å². The highest BCUT2D eigenvalue weighted by Crippen LogP contribution is 2.31. The fraction of sp³-hybridized carbons (Fsp3) is 0.438. The van der Waals surface area contributed by atoms with Gasteiger partial charge in [0.15, 0.2) is 0 Å². The summed E-state index contributed by atoms with van der Waals surface area (Å²) >= 11 is 6.08. The van der Waals surface area contributed by atoms with Crippen LogP contribution in [0.2, 0.25) is 5.02 Å². The molecule has 5 nitrogen and oxygen atoms in total. The minimum absolute atomic E-state index is 0.0529. The Morgan fingerprint density at radius 2 is 2.17 bits per heavy atom. The van der Waals surface area contributed by atoms with Crippen molar-refractivity contribution in [2.45, 2.75) is 38.9 Å². The van der Waals surface area contributed by atoms with Crippen molar-refractivity contribution in [1.82, 2.24) is 13.9 Å². The van der Waals surface area contributed by atoms with Crippen molar-refractivity contribution >= 4 is 21.6 Å². The van der Waals surface area contributed by atoms with Crippen LogP contribution in [0.25, 0.3) is 0 Å². The molecular weight excluding hydrogens is 353 g/mol. The van der Waals surface area contributed by atoms with E-state index in [0.717, 1.165) is 12.8 Å². The Bertz CT molecular complexity index is 813. The molecule has 2 aromatic rings. The third-order valence-electron chi connectivity index (χ3n) is 4.17. The maximum atomic E-state index is 14.0. The summed E-state index contributed by atoms with van der Waals surface area (Å²) in [4.78, 5) is 4.26. The van der Waals surface area contributed by atoms with E-state index in [9.17, 15) is 12.8 Å². The normalized spacial score (nSPS) is 15.2. The maximum absolute atomic E-state index is 14.0. The van der Waals surface area contributed by atoms with Crippen LogP contribution < -0.4 is 0 Å². The van der Waals surface area contributed by atoms with Gasteiger partial charge in [-0.3, -0.25) is 0 Å². The second kappa shape index (κ2) is 6.82. The first-order chi connectivity index (χ1) is 11.4. The molecule has 1 aromatic carbocycles. The van der Waals surface area contributed by atoms with Gasteiger partial charge in [-0.05, 0) is 31.9 Å². The van der Waals surface area contributed by atoms with E-state index in [4.69, 9.17) is 11.6 Å². The Kier molecular flexibility index (Phi) is 4.94. The number of sulfonamides is 1. The average Bonchev–Trinajstić information content (AvgIpc) is 3.28. The molecule has 0 amide bonds. The summed E-state index contributed by atoms with van der Waals surface area (Å²) in [5.74, 6) is 0.254. The van der Waals surface area contributed by atoms with Gasteiger partial charge in [-0.2, -0.15) is 4.31 Å². The molecule has 8 heteroatoms. The number of rotatable bonds is 7. The Morgan fingerprint density at radius 3 is 2.79 bits per heavy atom. The molecule has 1 aliphatic carbocycles. The highest BCUT2D eigenvalue weighted by molar-refractivity contribution is 7.89. The van der Waals surface area contributed by atoms with Gasteiger partial charge >= 0.3 is 0 Å². The summed E-state index contributed by atoms with van der Waals surface area (Å²) in [6.45, 7) is 2.04. The Balaban J connectivity index is 1.85. The number of benzene rings is 1. The van der Waals surface area contributed by atoms with Gasteiger partial charge in [-0.1, -0.05) is 17.7 Å². The number of halogens is 2. The summed E-state index contributed by atoms with van der Waals surface area (Å²) in [6, 6.07) is 4.60. The molecule has 0 radical (unpaired) electrons. The smallest absolute Gasteiger partial charge is 0.214 e. The van der Waals surface area contributed by atoms with Crippen LogP contribution in [0.5, 0.6) is 0 Å². The third-order valence-corrected chi connectivity index (χ3v) is 6.39. The van der Waals surface area contributed by atoms with Crippen molar-refractivity contribution in [1.29, 1.82) is 0 Å². The third kappa shape index (κ3) is 3.63. The van der Waals surface area contributed by atoms with Gasteiger partial charge in [-0.15, -0.1) is 0 Å². The minimum Gasteiger partial charge on any atom is -0.329 e. The second-order valence-electron chi connectivity index (χ2n) is 5.85. The summed E-state index contributed by atoms with van der Waals surface area (Å²) in [5.41, 5.74) is 0.370. The first-order valence-electron chi connectivity index (χ1n) is 7.84. The quantitative estimate of drug-likeness (QED) is 0.751. The minimum atomic E-state index is -3.30. The molecule has 1 aliphatic rings. The first kappa shape index (κ1) is 17.4. The highest BCUT2D eigenvalue weighted by Gasteiger charge is 2.37. The lowest BCUT2D eigenvalue weighted by atomic mass is 10.2. The van der Waals surface area contributed by atoms with Gasteiger partial charge in [0.2, 0.25) is 10.0 Å². The number of imidazole rings is 1. The predicted molar refractivity (Wildman–Crippen MR) is 90.8 cm³/mol. The number of aromatic nitrogens is 2. The van der Waals surface area contributed by atoms with E-state index in [2.05, 4.69) is 4.98 Å². The molecule has 0 unspecified atom stereocenters. The van der Waals surface area contributed by atoms with Crippen molar-refractivity contribution in [2.24, 2.45) is 0 Å². The SMILES string of the molecule is CCS(=O)(=O)N(Cc1nccn1Cc1c(F)cccc1Cl)C1CC1. The highest BCUT2D eigenvalue weighted by atomic mass is 35.5. The number of hydrogen-bond donors (Lipinski definition) is 0.